The van der Waals surface area contributed by atoms with Gasteiger partial charge in [-0.3, -0.25) is 4.79 Å². The lowest BCUT2D eigenvalue weighted by Crippen LogP contribution is -3.28. The number of hydrogen-bond acceptors (Lipinski definition) is 2. The fourth-order valence-corrected chi connectivity index (χ4v) is 3.37. The van der Waals surface area contributed by atoms with E-state index in [2.05, 4.69) is 5.32 Å². The number of amides is 1. The van der Waals surface area contributed by atoms with Crippen molar-refractivity contribution in [2.45, 2.75) is 6.54 Å². The number of ether oxygens (including phenoxy) is 1. The Labute approximate surface area is 153 Å². The lowest BCUT2D eigenvalue weighted by atomic mass is 10.2. The van der Waals surface area contributed by atoms with Crippen LogP contribution in [0.3, 0.4) is 0 Å². The number of anilines is 1. The predicted octanol–water partition coefficient (Wildman–Crippen LogP) is -0.244. The van der Waals surface area contributed by atoms with Crippen molar-refractivity contribution in [1.29, 1.82) is 0 Å². The van der Waals surface area contributed by atoms with Crippen molar-refractivity contribution in [3.63, 3.8) is 0 Å². The van der Waals surface area contributed by atoms with E-state index in [-0.39, 0.29) is 11.7 Å². The molecule has 0 aromatic heterocycles. The summed E-state index contributed by atoms with van der Waals surface area (Å²) in [6.45, 7) is 5.29. The number of para-hydroxylation sites is 2. The van der Waals surface area contributed by atoms with E-state index in [4.69, 9.17) is 4.74 Å². The van der Waals surface area contributed by atoms with Crippen LogP contribution in [0.4, 0.5) is 10.1 Å². The molecule has 1 aliphatic heterocycles. The standard InChI is InChI=1S/C20H24FN3O2/c1-26-19-5-3-2-4-18(19)22-20(25)15-24-12-10-23(11-13-24)14-16-6-8-17(21)9-7-16/h2-9H,10-15H2,1H3,(H,22,25)/p+2. The average Bonchev–Trinajstić information content (AvgIpc) is 2.65. The van der Waals surface area contributed by atoms with Crippen LogP contribution in [0, 0.1) is 5.82 Å². The second-order valence-electron chi connectivity index (χ2n) is 6.73. The summed E-state index contributed by atoms with van der Waals surface area (Å²) in [5.41, 5.74) is 1.86. The highest BCUT2D eigenvalue weighted by Gasteiger charge is 2.25. The Balaban J connectivity index is 1.44. The van der Waals surface area contributed by atoms with Crippen LogP contribution in [0.5, 0.6) is 5.75 Å². The number of piperazine rings is 1. The van der Waals surface area contributed by atoms with E-state index in [1.54, 1.807) is 7.11 Å². The molecule has 1 fully saturated rings. The molecule has 3 rings (SSSR count). The quantitative estimate of drug-likeness (QED) is 0.667. The lowest BCUT2D eigenvalue weighted by Gasteiger charge is -2.29. The first kappa shape index (κ1) is 18.4. The summed E-state index contributed by atoms with van der Waals surface area (Å²) in [4.78, 5) is 15.1. The van der Waals surface area contributed by atoms with Crippen molar-refractivity contribution >= 4 is 11.6 Å². The maximum absolute atomic E-state index is 13.0. The maximum Gasteiger partial charge on any atom is 0.279 e. The van der Waals surface area contributed by atoms with Gasteiger partial charge in [0.25, 0.3) is 5.91 Å². The van der Waals surface area contributed by atoms with Gasteiger partial charge in [-0.15, -0.1) is 0 Å². The molecule has 2 aromatic rings. The van der Waals surface area contributed by atoms with E-state index in [0.717, 1.165) is 38.3 Å². The number of halogens is 1. The maximum atomic E-state index is 13.0. The van der Waals surface area contributed by atoms with Crippen molar-refractivity contribution < 1.29 is 23.7 Å². The summed E-state index contributed by atoms with van der Waals surface area (Å²) in [5.74, 6) is 0.481. The summed E-state index contributed by atoms with van der Waals surface area (Å²) >= 11 is 0. The SMILES string of the molecule is COc1ccccc1NC(=O)C[NH+]1CC[NH+](Cc2ccc(F)cc2)CC1. The van der Waals surface area contributed by atoms with Crippen molar-refractivity contribution in [1.82, 2.24) is 0 Å². The van der Waals surface area contributed by atoms with Crippen molar-refractivity contribution in [3.8, 4) is 5.75 Å². The molecular weight excluding hydrogens is 333 g/mol. The van der Waals surface area contributed by atoms with Crippen LogP contribution in [-0.4, -0.2) is 45.7 Å². The van der Waals surface area contributed by atoms with E-state index in [0.29, 0.717) is 18.0 Å². The minimum Gasteiger partial charge on any atom is -0.495 e. The summed E-state index contributed by atoms with van der Waals surface area (Å²) in [6.07, 6.45) is 0. The van der Waals surface area contributed by atoms with E-state index in [1.807, 2.05) is 36.4 Å². The van der Waals surface area contributed by atoms with E-state index in [1.165, 1.54) is 21.9 Å². The zero-order valence-corrected chi connectivity index (χ0v) is 15.1. The molecule has 0 atom stereocenters. The number of rotatable bonds is 6. The van der Waals surface area contributed by atoms with Gasteiger partial charge >= 0.3 is 0 Å². The fourth-order valence-electron chi connectivity index (χ4n) is 3.37. The molecule has 0 bridgehead atoms. The van der Waals surface area contributed by atoms with Crippen molar-refractivity contribution in [2.75, 3.05) is 45.2 Å². The minimum atomic E-state index is -0.195. The van der Waals surface area contributed by atoms with Gasteiger partial charge in [0, 0.05) is 5.56 Å². The number of nitrogens with one attached hydrogen (secondary N) is 3. The van der Waals surface area contributed by atoms with Gasteiger partial charge in [0.05, 0.1) is 12.8 Å². The molecule has 138 valence electrons. The largest absolute Gasteiger partial charge is 0.495 e. The highest BCUT2D eigenvalue weighted by atomic mass is 19.1. The molecule has 0 radical (unpaired) electrons. The van der Waals surface area contributed by atoms with E-state index >= 15 is 0 Å². The zero-order valence-electron chi connectivity index (χ0n) is 15.1. The molecule has 5 nitrogen and oxygen atoms in total. The predicted molar refractivity (Wildman–Crippen MR) is 98.0 cm³/mol. The molecule has 0 saturated carbocycles. The van der Waals surface area contributed by atoms with Gasteiger partial charge in [0.2, 0.25) is 0 Å². The first-order valence-corrected chi connectivity index (χ1v) is 8.98. The summed E-state index contributed by atoms with van der Waals surface area (Å²) in [5, 5.41) is 2.94. The smallest absolute Gasteiger partial charge is 0.279 e. The molecule has 26 heavy (non-hydrogen) atoms. The Morgan fingerprint density at radius 3 is 2.38 bits per heavy atom. The Bertz CT molecular complexity index is 728. The van der Waals surface area contributed by atoms with Crippen molar-refractivity contribution in [3.05, 3.63) is 59.9 Å². The number of hydrogen-bond donors (Lipinski definition) is 3. The Morgan fingerprint density at radius 1 is 1.04 bits per heavy atom. The number of carbonyl (C=O) groups excluding carboxylic acids is 1. The number of quaternary nitrogens is 2. The minimum absolute atomic E-state index is 0.00600. The Kier molecular flexibility index (Phi) is 6.20. The van der Waals surface area contributed by atoms with Gasteiger partial charge in [0.1, 0.15) is 44.3 Å². The van der Waals surface area contributed by atoms with Gasteiger partial charge in [-0.25, -0.2) is 4.39 Å². The summed E-state index contributed by atoms with van der Waals surface area (Å²) in [7, 11) is 1.60. The van der Waals surface area contributed by atoms with Crippen LogP contribution in [0.2, 0.25) is 0 Å². The van der Waals surface area contributed by atoms with Gasteiger partial charge in [-0.05, 0) is 24.3 Å². The van der Waals surface area contributed by atoms with Gasteiger partial charge in [0.15, 0.2) is 6.54 Å². The average molecular weight is 359 g/mol. The molecule has 6 heteroatoms. The molecular formula is C20H26FN3O2+2. The third-order valence-corrected chi connectivity index (χ3v) is 4.82. The molecule has 1 saturated heterocycles. The van der Waals surface area contributed by atoms with E-state index < -0.39 is 0 Å². The second kappa shape index (κ2) is 8.78. The van der Waals surface area contributed by atoms with Crippen LogP contribution in [-0.2, 0) is 11.3 Å². The summed E-state index contributed by atoms with van der Waals surface area (Å²) in [6, 6.07) is 14.2. The number of methoxy groups -OCH3 is 1. The first-order valence-electron chi connectivity index (χ1n) is 8.98. The highest BCUT2D eigenvalue weighted by Crippen LogP contribution is 2.22. The van der Waals surface area contributed by atoms with Crippen LogP contribution in [0.25, 0.3) is 0 Å². The Hall–Kier alpha value is -2.44. The third kappa shape index (κ3) is 5.03. The summed E-state index contributed by atoms with van der Waals surface area (Å²) < 4.78 is 18.3. The molecule has 0 spiro atoms. The third-order valence-electron chi connectivity index (χ3n) is 4.82. The van der Waals surface area contributed by atoms with E-state index in [9.17, 15) is 9.18 Å². The van der Waals surface area contributed by atoms with Crippen LogP contribution in [0.1, 0.15) is 5.56 Å². The number of benzene rings is 2. The molecule has 2 aromatic carbocycles. The van der Waals surface area contributed by atoms with Crippen molar-refractivity contribution in [2.24, 2.45) is 0 Å². The fraction of sp³-hybridized carbons (Fsp3) is 0.350. The monoisotopic (exact) mass is 359 g/mol. The number of carbonyl (C=O) groups is 1. The molecule has 1 heterocycles. The van der Waals surface area contributed by atoms with Gasteiger partial charge in [-0.1, -0.05) is 24.3 Å². The Morgan fingerprint density at radius 2 is 1.69 bits per heavy atom. The molecule has 0 unspecified atom stereocenters. The normalized spacial score (nSPS) is 19.8. The molecule has 1 aliphatic rings. The molecule has 1 amide bonds. The van der Waals surface area contributed by atoms with Crippen LogP contribution >= 0.6 is 0 Å². The molecule has 0 aliphatic carbocycles. The zero-order chi connectivity index (χ0) is 18.4. The lowest BCUT2D eigenvalue weighted by molar-refractivity contribution is -1.02. The topological polar surface area (TPSA) is 47.2 Å². The van der Waals surface area contributed by atoms with Gasteiger partial charge in [-0.2, -0.15) is 0 Å². The second-order valence-corrected chi connectivity index (χ2v) is 6.73. The van der Waals surface area contributed by atoms with Gasteiger partial charge < -0.3 is 19.9 Å². The molecule has 3 N–H and O–H groups in total. The van der Waals surface area contributed by atoms with Crippen LogP contribution < -0.4 is 19.9 Å². The first-order chi connectivity index (χ1) is 12.6. The highest BCUT2D eigenvalue weighted by molar-refractivity contribution is 5.92. The van der Waals surface area contributed by atoms with Crippen LogP contribution in [0.15, 0.2) is 48.5 Å².